The molecule has 0 aliphatic heterocycles. The zero-order chi connectivity index (χ0) is 25.5. The molecule has 182 valence electrons. The SMILES string of the molecule is c1ccc(-c2nc(-n3c4ccccc4c4cc5c(cc43)sc3ccccc35)nc3c2oc2ccccc23)cc1. The molecular formula is C34H19N3OS. The largest absolute Gasteiger partial charge is 0.452 e. The van der Waals surface area contributed by atoms with Gasteiger partial charge in [-0.05, 0) is 36.4 Å². The summed E-state index contributed by atoms with van der Waals surface area (Å²) in [5.41, 5.74) is 6.31. The summed E-state index contributed by atoms with van der Waals surface area (Å²) in [5, 5.41) is 5.95. The van der Waals surface area contributed by atoms with Crippen LogP contribution in [0.15, 0.2) is 120 Å². The molecule has 0 bridgehead atoms. The van der Waals surface area contributed by atoms with Crippen molar-refractivity contribution in [3.8, 4) is 17.2 Å². The number of nitrogens with zero attached hydrogens (tertiary/aromatic N) is 3. The first-order chi connectivity index (χ1) is 19.3. The summed E-state index contributed by atoms with van der Waals surface area (Å²) < 4.78 is 11.1. The quantitative estimate of drug-likeness (QED) is 0.229. The zero-order valence-electron chi connectivity index (χ0n) is 20.6. The van der Waals surface area contributed by atoms with Crippen LogP contribution in [-0.4, -0.2) is 14.5 Å². The second kappa shape index (κ2) is 7.76. The average molecular weight is 518 g/mol. The summed E-state index contributed by atoms with van der Waals surface area (Å²) in [7, 11) is 0. The number of benzene rings is 5. The minimum absolute atomic E-state index is 0.638. The summed E-state index contributed by atoms with van der Waals surface area (Å²) in [6, 6.07) is 40.1. The molecule has 9 aromatic rings. The van der Waals surface area contributed by atoms with E-state index in [0.717, 1.165) is 38.8 Å². The number of hydrogen-bond acceptors (Lipinski definition) is 4. The van der Waals surface area contributed by atoms with Crippen LogP contribution in [-0.2, 0) is 0 Å². The fourth-order valence-electron chi connectivity index (χ4n) is 5.87. The van der Waals surface area contributed by atoms with Gasteiger partial charge in [0.2, 0.25) is 5.95 Å². The van der Waals surface area contributed by atoms with Gasteiger partial charge in [0.1, 0.15) is 16.8 Å². The highest BCUT2D eigenvalue weighted by Gasteiger charge is 2.21. The molecule has 4 heterocycles. The first kappa shape index (κ1) is 21.0. The van der Waals surface area contributed by atoms with Crippen molar-refractivity contribution in [2.75, 3.05) is 0 Å². The second-order valence-electron chi connectivity index (χ2n) is 9.83. The van der Waals surface area contributed by atoms with E-state index >= 15 is 0 Å². The molecule has 0 spiro atoms. The van der Waals surface area contributed by atoms with Crippen molar-refractivity contribution in [3.05, 3.63) is 115 Å². The lowest BCUT2D eigenvalue weighted by molar-refractivity contribution is 0.666. The standard InChI is InChI=1S/C34H19N3OS/c1-2-10-20(11-3-1)31-33-32(23-14-5-8-16-28(23)38-33)36-34(35-31)37-26-15-7-4-12-21(26)24-18-25-22-13-6-9-17-29(22)39-30(25)19-27(24)37/h1-19H. The molecule has 0 atom stereocenters. The number of fused-ring (bicyclic) bond motifs is 9. The van der Waals surface area contributed by atoms with Crippen LogP contribution >= 0.6 is 11.3 Å². The fourth-order valence-corrected chi connectivity index (χ4v) is 6.99. The maximum Gasteiger partial charge on any atom is 0.236 e. The van der Waals surface area contributed by atoms with Crippen molar-refractivity contribution in [2.45, 2.75) is 0 Å². The topological polar surface area (TPSA) is 43.9 Å². The van der Waals surface area contributed by atoms with E-state index in [2.05, 4.69) is 83.4 Å². The molecule has 0 saturated heterocycles. The third kappa shape index (κ3) is 2.93. The van der Waals surface area contributed by atoms with Crippen LogP contribution < -0.4 is 0 Å². The van der Waals surface area contributed by atoms with Gasteiger partial charge in [-0.3, -0.25) is 4.57 Å². The highest BCUT2D eigenvalue weighted by Crippen LogP contribution is 2.41. The smallest absolute Gasteiger partial charge is 0.236 e. The van der Waals surface area contributed by atoms with Crippen LogP contribution in [0.25, 0.3) is 81.3 Å². The normalized spacial score (nSPS) is 12.1. The van der Waals surface area contributed by atoms with E-state index in [4.69, 9.17) is 14.4 Å². The molecular weight excluding hydrogens is 498 g/mol. The third-order valence-electron chi connectivity index (χ3n) is 7.63. The summed E-state index contributed by atoms with van der Waals surface area (Å²) in [6.07, 6.45) is 0. The molecule has 0 saturated carbocycles. The Hall–Kier alpha value is -5.00. The van der Waals surface area contributed by atoms with Crippen LogP contribution in [0.3, 0.4) is 0 Å². The van der Waals surface area contributed by atoms with Crippen molar-refractivity contribution in [3.63, 3.8) is 0 Å². The Bertz CT molecular complexity index is 2400. The van der Waals surface area contributed by atoms with Crippen molar-refractivity contribution in [1.29, 1.82) is 0 Å². The van der Waals surface area contributed by atoms with Crippen LogP contribution in [0.5, 0.6) is 0 Å². The van der Waals surface area contributed by atoms with Gasteiger partial charge < -0.3 is 4.42 Å². The Balaban J connectivity index is 1.45. The van der Waals surface area contributed by atoms with Crippen LogP contribution in [0.4, 0.5) is 0 Å². The fraction of sp³-hybridized carbons (Fsp3) is 0. The van der Waals surface area contributed by atoms with E-state index in [0.29, 0.717) is 11.5 Å². The van der Waals surface area contributed by atoms with Crippen molar-refractivity contribution in [2.24, 2.45) is 0 Å². The highest BCUT2D eigenvalue weighted by molar-refractivity contribution is 7.25. The lowest BCUT2D eigenvalue weighted by Gasteiger charge is -2.09. The van der Waals surface area contributed by atoms with E-state index in [-0.39, 0.29) is 0 Å². The minimum atomic E-state index is 0.638. The van der Waals surface area contributed by atoms with Crippen LogP contribution in [0, 0.1) is 0 Å². The monoisotopic (exact) mass is 517 g/mol. The van der Waals surface area contributed by atoms with Crippen LogP contribution in [0.1, 0.15) is 0 Å². The zero-order valence-corrected chi connectivity index (χ0v) is 21.4. The molecule has 4 aromatic heterocycles. The molecule has 0 fully saturated rings. The first-order valence-electron chi connectivity index (χ1n) is 12.9. The summed E-state index contributed by atoms with van der Waals surface area (Å²) in [6.45, 7) is 0. The molecule has 5 heteroatoms. The Morgan fingerprint density at radius 2 is 1.31 bits per heavy atom. The number of hydrogen-bond donors (Lipinski definition) is 0. The predicted molar refractivity (Wildman–Crippen MR) is 162 cm³/mol. The number of thiophene rings is 1. The van der Waals surface area contributed by atoms with Gasteiger partial charge in [-0.1, -0.05) is 78.9 Å². The van der Waals surface area contributed by atoms with Gasteiger partial charge in [0.05, 0.1) is 11.0 Å². The molecule has 0 aliphatic carbocycles. The summed E-state index contributed by atoms with van der Waals surface area (Å²) in [4.78, 5) is 10.4. The second-order valence-corrected chi connectivity index (χ2v) is 10.9. The van der Waals surface area contributed by atoms with Gasteiger partial charge in [0.15, 0.2) is 5.58 Å². The van der Waals surface area contributed by atoms with Gasteiger partial charge in [-0.15, -0.1) is 11.3 Å². The Morgan fingerprint density at radius 1 is 0.564 bits per heavy atom. The Morgan fingerprint density at radius 3 is 2.21 bits per heavy atom. The maximum atomic E-state index is 6.34. The van der Waals surface area contributed by atoms with Gasteiger partial charge in [0.25, 0.3) is 0 Å². The van der Waals surface area contributed by atoms with Crippen molar-refractivity contribution >= 4 is 75.4 Å². The minimum Gasteiger partial charge on any atom is -0.452 e. The van der Waals surface area contributed by atoms with E-state index in [9.17, 15) is 0 Å². The van der Waals surface area contributed by atoms with Gasteiger partial charge in [-0.2, -0.15) is 0 Å². The summed E-state index contributed by atoms with van der Waals surface area (Å²) >= 11 is 1.83. The number of aromatic nitrogens is 3. The van der Waals surface area contributed by atoms with Crippen molar-refractivity contribution in [1.82, 2.24) is 14.5 Å². The Kier molecular flexibility index (Phi) is 4.18. The van der Waals surface area contributed by atoms with E-state index in [1.165, 1.54) is 30.9 Å². The van der Waals surface area contributed by atoms with E-state index in [1.807, 2.05) is 47.7 Å². The molecule has 4 nitrogen and oxygen atoms in total. The van der Waals surface area contributed by atoms with Crippen molar-refractivity contribution < 1.29 is 4.42 Å². The van der Waals surface area contributed by atoms with Gasteiger partial charge >= 0.3 is 0 Å². The van der Waals surface area contributed by atoms with Gasteiger partial charge in [0, 0.05) is 41.9 Å². The lowest BCUT2D eigenvalue weighted by atomic mass is 10.1. The van der Waals surface area contributed by atoms with E-state index < -0.39 is 0 Å². The number of rotatable bonds is 2. The molecule has 0 amide bonds. The molecule has 39 heavy (non-hydrogen) atoms. The molecule has 9 rings (SSSR count). The molecule has 0 aliphatic rings. The number of furan rings is 1. The highest BCUT2D eigenvalue weighted by atomic mass is 32.1. The molecule has 0 unspecified atom stereocenters. The first-order valence-corrected chi connectivity index (χ1v) is 13.7. The average Bonchev–Trinajstić information content (AvgIpc) is 3.65. The third-order valence-corrected chi connectivity index (χ3v) is 8.76. The van der Waals surface area contributed by atoms with E-state index in [1.54, 1.807) is 0 Å². The number of para-hydroxylation sites is 2. The molecule has 5 aromatic carbocycles. The van der Waals surface area contributed by atoms with Gasteiger partial charge in [-0.25, -0.2) is 9.97 Å². The molecule has 0 radical (unpaired) electrons. The Labute approximate surface area is 226 Å². The maximum absolute atomic E-state index is 6.34. The van der Waals surface area contributed by atoms with Crippen LogP contribution in [0.2, 0.25) is 0 Å². The molecule has 0 N–H and O–H groups in total. The summed E-state index contributed by atoms with van der Waals surface area (Å²) in [5.74, 6) is 0.638. The predicted octanol–water partition coefficient (Wildman–Crippen LogP) is 9.51. The lowest BCUT2D eigenvalue weighted by Crippen LogP contribution is -2.02.